The fraction of sp³-hybridized carbons (Fsp3) is 0.476. The van der Waals surface area contributed by atoms with E-state index in [9.17, 15) is 9.59 Å². The largest absolute Gasteiger partial charge is 0.351 e. The predicted octanol–water partition coefficient (Wildman–Crippen LogP) is 2.43. The van der Waals surface area contributed by atoms with Crippen molar-refractivity contribution in [3.63, 3.8) is 0 Å². The van der Waals surface area contributed by atoms with Gasteiger partial charge in [0.2, 0.25) is 5.91 Å². The zero-order chi connectivity index (χ0) is 18.8. The average molecular weight is 365 g/mol. The topological polar surface area (TPSA) is 62.7 Å². The Labute approximate surface area is 158 Å². The molecule has 3 aliphatic rings. The van der Waals surface area contributed by atoms with Crippen molar-refractivity contribution < 1.29 is 14.3 Å². The molecule has 3 saturated heterocycles. The van der Waals surface area contributed by atoms with E-state index in [2.05, 4.69) is 18.8 Å². The van der Waals surface area contributed by atoms with Crippen molar-refractivity contribution >= 4 is 22.7 Å². The summed E-state index contributed by atoms with van der Waals surface area (Å²) in [6, 6.07) is 9.53. The number of benzene rings is 1. The van der Waals surface area contributed by atoms with E-state index in [1.54, 1.807) is 6.20 Å². The second kappa shape index (κ2) is 5.76. The first kappa shape index (κ1) is 16.7. The van der Waals surface area contributed by atoms with Crippen molar-refractivity contribution in [1.29, 1.82) is 0 Å². The van der Waals surface area contributed by atoms with E-state index < -0.39 is 5.72 Å². The highest BCUT2D eigenvalue weighted by Gasteiger charge is 2.65. The maximum Gasteiger partial charge on any atom is 0.255 e. The van der Waals surface area contributed by atoms with Crippen molar-refractivity contribution in [3.8, 4) is 0 Å². The highest BCUT2D eigenvalue weighted by molar-refractivity contribution is 5.98. The van der Waals surface area contributed by atoms with Gasteiger partial charge in [0.25, 0.3) is 5.91 Å². The van der Waals surface area contributed by atoms with Crippen LogP contribution in [-0.4, -0.2) is 57.6 Å². The predicted molar refractivity (Wildman–Crippen MR) is 100.0 cm³/mol. The molecule has 6 heteroatoms. The Morgan fingerprint density at radius 2 is 2.15 bits per heavy atom. The summed E-state index contributed by atoms with van der Waals surface area (Å²) in [4.78, 5) is 34.2. The van der Waals surface area contributed by atoms with Crippen LogP contribution in [0.5, 0.6) is 0 Å². The minimum atomic E-state index is -0.633. The van der Waals surface area contributed by atoms with Crippen molar-refractivity contribution in [2.75, 3.05) is 13.2 Å². The molecule has 3 atom stereocenters. The number of amides is 2. The lowest BCUT2D eigenvalue weighted by atomic mass is 10.0. The van der Waals surface area contributed by atoms with Gasteiger partial charge in [-0.15, -0.1) is 0 Å². The molecule has 0 aliphatic carbocycles. The zero-order valence-electron chi connectivity index (χ0n) is 15.6. The van der Waals surface area contributed by atoms with E-state index in [0.29, 0.717) is 37.5 Å². The number of pyridine rings is 1. The molecule has 27 heavy (non-hydrogen) atoms. The standard InChI is InChI=1S/C21H23N3O3/c1-13(2)17-12-27-21-7-8-23(18(21)10-19(25)24(17)21)20(26)15-9-14-5-3-4-6-16(14)22-11-15/h3-6,9,11,13,17-18H,7-8,10,12H2,1-2H3/t17-,18+,21-/m0/s1. The van der Waals surface area contributed by atoms with Crippen LogP contribution in [0.15, 0.2) is 36.5 Å². The van der Waals surface area contributed by atoms with Crippen LogP contribution in [0.1, 0.15) is 37.0 Å². The Morgan fingerprint density at radius 3 is 2.96 bits per heavy atom. The Kier molecular flexibility index (Phi) is 3.56. The number of rotatable bonds is 2. The molecule has 3 fully saturated rings. The molecule has 140 valence electrons. The lowest BCUT2D eigenvalue weighted by molar-refractivity contribution is -0.139. The highest BCUT2D eigenvalue weighted by Crippen LogP contribution is 2.49. The van der Waals surface area contributed by atoms with E-state index in [4.69, 9.17) is 4.74 Å². The number of ether oxygens (including phenoxy) is 1. The summed E-state index contributed by atoms with van der Waals surface area (Å²) in [7, 11) is 0. The van der Waals surface area contributed by atoms with Crippen molar-refractivity contribution in [2.45, 2.75) is 44.5 Å². The van der Waals surface area contributed by atoms with Gasteiger partial charge in [0.05, 0.1) is 36.2 Å². The SMILES string of the molecule is CC(C)[C@@H]1CO[C@@]23CCN(C(=O)c4cnc5ccccc5c4)[C@@H]2CC(=O)N13. The zero-order valence-corrected chi connectivity index (χ0v) is 15.6. The van der Waals surface area contributed by atoms with Crippen LogP contribution in [0, 0.1) is 5.92 Å². The molecule has 0 saturated carbocycles. The molecule has 3 aliphatic heterocycles. The fourth-order valence-corrected chi connectivity index (χ4v) is 4.97. The van der Waals surface area contributed by atoms with E-state index in [0.717, 1.165) is 10.9 Å². The Hall–Kier alpha value is -2.47. The molecular weight excluding hydrogens is 342 g/mol. The molecule has 5 rings (SSSR count). The number of likely N-dealkylation sites (tertiary alicyclic amines) is 1. The third kappa shape index (κ3) is 2.26. The normalized spacial score (nSPS) is 29.7. The Bertz CT molecular complexity index is 943. The van der Waals surface area contributed by atoms with Gasteiger partial charge in [-0.1, -0.05) is 32.0 Å². The number of nitrogens with zero attached hydrogens (tertiary/aromatic N) is 3. The molecule has 4 heterocycles. The molecule has 1 spiro atoms. The van der Waals surface area contributed by atoms with Crippen LogP contribution in [0.4, 0.5) is 0 Å². The van der Waals surface area contributed by atoms with Gasteiger partial charge >= 0.3 is 0 Å². The van der Waals surface area contributed by atoms with Crippen LogP contribution in [-0.2, 0) is 9.53 Å². The van der Waals surface area contributed by atoms with Crippen LogP contribution in [0.2, 0.25) is 0 Å². The lowest BCUT2D eigenvalue weighted by Crippen LogP contribution is -2.51. The maximum absolute atomic E-state index is 13.2. The molecule has 0 bridgehead atoms. The molecule has 2 aromatic rings. The van der Waals surface area contributed by atoms with Gasteiger partial charge in [0.15, 0.2) is 5.72 Å². The van der Waals surface area contributed by atoms with Crippen LogP contribution in [0.25, 0.3) is 10.9 Å². The fourth-order valence-electron chi connectivity index (χ4n) is 4.97. The third-order valence-electron chi connectivity index (χ3n) is 6.36. The summed E-state index contributed by atoms with van der Waals surface area (Å²) in [5.41, 5.74) is 0.800. The number of hydrogen-bond acceptors (Lipinski definition) is 4. The monoisotopic (exact) mass is 365 g/mol. The van der Waals surface area contributed by atoms with Crippen LogP contribution >= 0.6 is 0 Å². The molecule has 1 aromatic carbocycles. The summed E-state index contributed by atoms with van der Waals surface area (Å²) < 4.78 is 6.21. The van der Waals surface area contributed by atoms with Crippen LogP contribution in [0.3, 0.4) is 0 Å². The molecule has 1 aromatic heterocycles. The quantitative estimate of drug-likeness (QED) is 0.820. The second-order valence-corrected chi connectivity index (χ2v) is 8.12. The van der Waals surface area contributed by atoms with E-state index in [1.807, 2.05) is 40.1 Å². The van der Waals surface area contributed by atoms with Crippen molar-refractivity contribution in [1.82, 2.24) is 14.8 Å². The molecular formula is C21H23N3O3. The first-order valence-electron chi connectivity index (χ1n) is 9.63. The van der Waals surface area contributed by atoms with Gasteiger partial charge in [-0.05, 0) is 18.1 Å². The summed E-state index contributed by atoms with van der Waals surface area (Å²) in [6.07, 6.45) is 2.66. The lowest BCUT2D eigenvalue weighted by Gasteiger charge is -2.34. The summed E-state index contributed by atoms with van der Waals surface area (Å²) in [6.45, 7) is 5.39. The van der Waals surface area contributed by atoms with Crippen LogP contribution < -0.4 is 0 Å². The van der Waals surface area contributed by atoms with Gasteiger partial charge in [0, 0.05) is 24.5 Å². The van der Waals surface area contributed by atoms with E-state index >= 15 is 0 Å². The minimum absolute atomic E-state index is 0.0682. The Morgan fingerprint density at radius 1 is 1.33 bits per heavy atom. The van der Waals surface area contributed by atoms with E-state index in [1.165, 1.54) is 0 Å². The van der Waals surface area contributed by atoms with Crippen molar-refractivity contribution in [3.05, 3.63) is 42.1 Å². The van der Waals surface area contributed by atoms with Gasteiger partial charge in [-0.3, -0.25) is 14.6 Å². The third-order valence-corrected chi connectivity index (χ3v) is 6.36. The first-order chi connectivity index (χ1) is 13.0. The smallest absolute Gasteiger partial charge is 0.255 e. The van der Waals surface area contributed by atoms with Gasteiger partial charge < -0.3 is 14.5 Å². The summed E-state index contributed by atoms with van der Waals surface area (Å²) >= 11 is 0. The van der Waals surface area contributed by atoms with Gasteiger partial charge in [0.1, 0.15) is 0 Å². The average Bonchev–Trinajstić information content (AvgIpc) is 3.30. The first-order valence-corrected chi connectivity index (χ1v) is 9.63. The van der Waals surface area contributed by atoms with Gasteiger partial charge in [-0.25, -0.2) is 0 Å². The molecule has 6 nitrogen and oxygen atoms in total. The maximum atomic E-state index is 13.2. The summed E-state index contributed by atoms with van der Waals surface area (Å²) in [5.74, 6) is 0.369. The second-order valence-electron chi connectivity index (χ2n) is 8.12. The molecule has 0 unspecified atom stereocenters. The Balaban J connectivity index is 1.47. The van der Waals surface area contributed by atoms with E-state index in [-0.39, 0.29) is 23.9 Å². The number of carbonyl (C=O) groups is 2. The molecule has 2 amide bonds. The summed E-state index contributed by atoms with van der Waals surface area (Å²) in [5, 5.41) is 0.943. The molecule has 0 radical (unpaired) electrons. The number of carbonyl (C=O) groups excluding carboxylic acids is 2. The number of para-hydroxylation sites is 1. The highest BCUT2D eigenvalue weighted by atomic mass is 16.5. The van der Waals surface area contributed by atoms with Crippen molar-refractivity contribution in [2.24, 2.45) is 5.92 Å². The minimum Gasteiger partial charge on any atom is -0.351 e. The number of aromatic nitrogens is 1. The number of hydrogen-bond donors (Lipinski definition) is 0. The molecule has 0 N–H and O–H groups in total. The van der Waals surface area contributed by atoms with Gasteiger partial charge in [-0.2, -0.15) is 0 Å². The number of fused-ring (bicyclic) bond motifs is 1.